The van der Waals surface area contributed by atoms with Gasteiger partial charge in [0.15, 0.2) is 0 Å². The maximum absolute atomic E-state index is 12.2. The van der Waals surface area contributed by atoms with Crippen LogP contribution in [0.15, 0.2) is 18.2 Å². The van der Waals surface area contributed by atoms with Crippen molar-refractivity contribution < 1.29 is 14.4 Å². The summed E-state index contributed by atoms with van der Waals surface area (Å²) in [6.07, 6.45) is 2.15. The van der Waals surface area contributed by atoms with Crippen LogP contribution in [0, 0.1) is 0 Å². The standard InChI is InChI=1S/C14H15N3O3/c15-10-3-1-2-9-12(10)14(20)17(13(9)19)7-6-11(18)16-8-4-5-8/h1-3,8H,4-7,15H2,(H,16,18). The van der Waals surface area contributed by atoms with Crippen molar-refractivity contribution >= 4 is 23.4 Å². The van der Waals surface area contributed by atoms with Gasteiger partial charge in [-0.25, -0.2) is 0 Å². The Morgan fingerprint density at radius 1 is 1.30 bits per heavy atom. The topological polar surface area (TPSA) is 92.5 Å². The normalized spacial score (nSPS) is 17.3. The summed E-state index contributed by atoms with van der Waals surface area (Å²) >= 11 is 0. The van der Waals surface area contributed by atoms with Crippen molar-refractivity contribution in [2.45, 2.75) is 25.3 Å². The molecule has 0 atom stereocenters. The summed E-state index contributed by atoms with van der Waals surface area (Å²) in [5.41, 5.74) is 6.60. The predicted octanol–water partition coefficient (Wildman–Crippen LogP) is 0.533. The number of carbonyl (C=O) groups excluding carboxylic acids is 3. The average Bonchev–Trinajstić information content (AvgIpc) is 3.17. The number of benzene rings is 1. The van der Waals surface area contributed by atoms with Gasteiger partial charge in [-0.05, 0) is 25.0 Å². The number of nitrogens with zero attached hydrogens (tertiary/aromatic N) is 1. The molecule has 0 aromatic heterocycles. The Hall–Kier alpha value is -2.37. The minimum Gasteiger partial charge on any atom is -0.398 e. The number of rotatable bonds is 4. The number of hydrogen-bond donors (Lipinski definition) is 2. The van der Waals surface area contributed by atoms with Gasteiger partial charge in [0, 0.05) is 24.7 Å². The molecule has 1 aliphatic carbocycles. The summed E-state index contributed by atoms with van der Waals surface area (Å²) in [4.78, 5) is 37.0. The molecule has 2 aliphatic rings. The first kappa shape index (κ1) is 12.7. The van der Waals surface area contributed by atoms with Gasteiger partial charge in [0.25, 0.3) is 11.8 Å². The van der Waals surface area contributed by atoms with E-state index in [-0.39, 0.29) is 36.4 Å². The number of nitrogen functional groups attached to an aromatic ring is 1. The summed E-state index contributed by atoms with van der Waals surface area (Å²) < 4.78 is 0. The van der Waals surface area contributed by atoms with Crippen LogP contribution in [0.5, 0.6) is 0 Å². The molecule has 1 aromatic carbocycles. The number of carbonyl (C=O) groups is 3. The lowest BCUT2D eigenvalue weighted by molar-refractivity contribution is -0.121. The van der Waals surface area contributed by atoms with Crippen LogP contribution in [-0.2, 0) is 4.79 Å². The smallest absolute Gasteiger partial charge is 0.263 e. The van der Waals surface area contributed by atoms with E-state index in [0.717, 1.165) is 17.7 Å². The summed E-state index contributed by atoms with van der Waals surface area (Å²) in [5.74, 6) is -0.920. The van der Waals surface area contributed by atoms with Crippen LogP contribution in [0.2, 0.25) is 0 Å². The minimum atomic E-state index is -0.415. The third-order valence-corrected chi connectivity index (χ3v) is 3.54. The Kier molecular flexibility index (Phi) is 2.93. The molecule has 3 rings (SSSR count). The first-order chi connectivity index (χ1) is 9.58. The van der Waals surface area contributed by atoms with Gasteiger partial charge in [-0.2, -0.15) is 0 Å². The Balaban J connectivity index is 1.69. The maximum atomic E-state index is 12.2. The molecule has 1 aliphatic heterocycles. The molecule has 0 bridgehead atoms. The monoisotopic (exact) mass is 273 g/mol. The van der Waals surface area contributed by atoms with Crippen LogP contribution in [0.25, 0.3) is 0 Å². The molecule has 1 fully saturated rings. The zero-order chi connectivity index (χ0) is 14.3. The van der Waals surface area contributed by atoms with E-state index in [2.05, 4.69) is 5.32 Å². The number of fused-ring (bicyclic) bond motifs is 1. The van der Waals surface area contributed by atoms with E-state index in [1.54, 1.807) is 18.2 Å². The van der Waals surface area contributed by atoms with Crippen molar-refractivity contribution in [2.75, 3.05) is 12.3 Å². The van der Waals surface area contributed by atoms with E-state index in [4.69, 9.17) is 5.73 Å². The molecule has 0 spiro atoms. The van der Waals surface area contributed by atoms with Gasteiger partial charge in [-0.1, -0.05) is 6.07 Å². The van der Waals surface area contributed by atoms with Crippen LogP contribution in [0.4, 0.5) is 5.69 Å². The fourth-order valence-electron chi connectivity index (χ4n) is 2.30. The molecule has 6 nitrogen and oxygen atoms in total. The number of hydrogen-bond acceptors (Lipinski definition) is 4. The molecule has 0 saturated heterocycles. The number of amides is 3. The van der Waals surface area contributed by atoms with Crippen LogP contribution < -0.4 is 11.1 Å². The second-order valence-corrected chi connectivity index (χ2v) is 5.12. The van der Waals surface area contributed by atoms with Gasteiger partial charge in [0.05, 0.1) is 11.1 Å². The highest BCUT2D eigenvalue weighted by Gasteiger charge is 2.37. The lowest BCUT2D eigenvalue weighted by Crippen LogP contribution is -2.35. The highest BCUT2D eigenvalue weighted by atomic mass is 16.2. The zero-order valence-electron chi connectivity index (χ0n) is 10.9. The van der Waals surface area contributed by atoms with Crippen molar-refractivity contribution in [1.29, 1.82) is 0 Å². The lowest BCUT2D eigenvalue weighted by Gasteiger charge is -2.13. The fraction of sp³-hybridized carbons (Fsp3) is 0.357. The van der Waals surface area contributed by atoms with Crippen molar-refractivity contribution in [1.82, 2.24) is 10.2 Å². The molecule has 3 amide bonds. The molecule has 1 heterocycles. The van der Waals surface area contributed by atoms with E-state index in [0.29, 0.717) is 11.3 Å². The van der Waals surface area contributed by atoms with Gasteiger partial charge < -0.3 is 11.1 Å². The Morgan fingerprint density at radius 2 is 2.05 bits per heavy atom. The van der Waals surface area contributed by atoms with Gasteiger partial charge in [0.2, 0.25) is 5.91 Å². The number of anilines is 1. The summed E-state index contributed by atoms with van der Waals surface area (Å²) in [7, 11) is 0. The number of nitrogens with one attached hydrogen (secondary N) is 1. The van der Waals surface area contributed by atoms with Gasteiger partial charge in [0.1, 0.15) is 0 Å². The van der Waals surface area contributed by atoms with Gasteiger partial charge >= 0.3 is 0 Å². The van der Waals surface area contributed by atoms with Gasteiger partial charge in [-0.15, -0.1) is 0 Å². The van der Waals surface area contributed by atoms with E-state index < -0.39 is 5.91 Å². The maximum Gasteiger partial charge on any atom is 0.263 e. The fourth-order valence-corrected chi connectivity index (χ4v) is 2.30. The van der Waals surface area contributed by atoms with E-state index in [1.807, 2.05) is 0 Å². The van der Waals surface area contributed by atoms with Crippen LogP contribution in [0.1, 0.15) is 40.0 Å². The first-order valence-electron chi connectivity index (χ1n) is 6.62. The lowest BCUT2D eigenvalue weighted by atomic mass is 10.1. The third kappa shape index (κ3) is 2.13. The van der Waals surface area contributed by atoms with Crippen LogP contribution in [0.3, 0.4) is 0 Å². The van der Waals surface area contributed by atoms with Crippen molar-refractivity contribution in [3.05, 3.63) is 29.3 Å². The van der Waals surface area contributed by atoms with Gasteiger partial charge in [-0.3, -0.25) is 19.3 Å². The SMILES string of the molecule is Nc1cccc2c1C(=O)N(CCC(=O)NC1CC1)C2=O. The first-order valence-corrected chi connectivity index (χ1v) is 6.62. The largest absolute Gasteiger partial charge is 0.398 e. The molecular weight excluding hydrogens is 258 g/mol. The predicted molar refractivity (Wildman–Crippen MR) is 72.0 cm³/mol. The molecule has 3 N–H and O–H groups in total. The van der Waals surface area contributed by atoms with Crippen LogP contribution >= 0.6 is 0 Å². The van der Waals surface area contributed by atoms with E-state index >= 15 is 0 Å². The average molecular weight is 273 g/mol. The Bertz CT molecular complexity index is 608. The Labute approximate surface area is 115 Å². The third-order valence-electron chi connectivity index (χ3n) is 3.54. The highest BCUT2D eigenvalue weighted by molar-refractivity contribution is 6.23. The van der Waals surface area contributed by atoms with Crippen LogP contribution in [-0.4, -0.2) is 35.2 Å². The highest BCUT2D eigenvalue weighted by Crippen LogP contribution is 2.27. The zero-order valence-corrected chi connectivity index (χ0v) is 10.9. The summed E-state index contributed by atoms with van der Waals surface area (Å²) in [6, 6.07) is 5.09. The molecule has 20 heavy (non-hydrogen) atoms. The second kappa shape index (κ2) is 4.63. The van der Waals surface area contributed by atoms with Crippen molar-refractivity contribution in [3.8, 4) is 0 Å². The van der Waals surface area contributed by atoms with Crippen molar-refractivity contribution in [2.24, 2.45) is 0 Å². The minimum absolute atomic E-state index is 0.0876. The number of nitrogens with two attached hydrogens (primary N) is 1. The summed E-state index contributed by atoms with van der Waals surface area (Å²) in [6.45, 7) is 0.0876. The summed E-state index contributed by atoms with van der Waals surface area (Å²) in [5, 5.41) is 2.83. The molecule has 0 radical (unpaired) electrons. The van der Waals surface area contributed by atoms with E-state index in [9.17, 15) is 14.4 Å². The molecule has 1 saturated carbocycles. The molecule has 0 unspecified atom stereocenters. The molecule has 1 aromatic rings. The molecule has 6 heteroatoms. The number of imide groups is 1. The van der Waals surface area contributed by atoms with E-state index in [1.165, 1.54) is 0 Å². The van der Waals surface area contributed by atoms with Crippen molar-refractivity contribution in [3.63, 3.8) is 0 Å². The molecule has 104 valence electrons. The molecular formula is C14H15N3O3. The Morgan fingerprint density at radius 3 is 2.70 bits per heavy atom. The second-order valence-electron chi connectivity index (χ2n) is 5.12. The quantitative estimate of drug-likeness (QED) is 0.618.